The molecule has 2 aliphatic heterocycles. The molecule has 1 aromatic carbocycles. The van der Waals surface area contributed by atoms with E-state index in [4.69, 9.17) is 32.7 Å². The summed E-state index contributed by atoms with van der Waals surface area (Å²) in [5.74, 6) is 0.356. The molecule has 2 aliphatic rings. The highest BCUT2D eigenvalue weighted by molar-refractivity contribution is 6.34. The molecule has 7 heteroatoms. The molecular formula is C17H21Cl2NO4. The monoisotopic (exact) mass is 373 g/mol. The number of halogens is 2. The van der Waals surface area contributed by atoms with Crippen LogP contribution in [0.3, 0.4) is 0 Å². The second-order valence-electron chi connectivity index (χ2n) is 6.29. The molecule has 5 nitrogen and oxygen atoms in total. The van der Waals surface area contributed by atoms with Gasteiger partial charge in [-0.1, -0.05) is 23.2 Å². The van der Waals surface area contributed by atoms with Gasteiger partial charge < -0.3 is 19.5 Å². The molecule has 3 unspecified atom stereocenters. The van der Waals surface area contributed by atoms with Crippen molar-refractivity contribution in [2.75, 3.05) is 26.4 Å². The zero-order chi connectivity index (χ0) is 17.1. The van der Waals surface area contributed by atoms with Gasteiger partial charge in [-0.05, 0) is 37.5 Å². The number of carbonyl (C=O) groups excluding carboxylic acids is 1. The first-order valence-corrected chi connectivity index (χ1v) is 8.94. The Labute approximate surface area is 151 Å². The maximum Gasteiger partial charge on any atom is 0.260 e. The lowest BCUT2D eigenvalue weighted by atomic mass is 9.89. The second-order valence-corrected chi connectivity index (χ2v) is 7.16. The zero-order valence-corrected chi connectivity index (χ0v) is 14.8. The molecule has 2 heterocycles. The minimum Gasteiger partial charge on any atom is -0.484 e. The Bertz CT molecular complexity index is 578. The summed E-state index contributed by atoms with van der Waals surface area (Å²) in [6.45, 7) is 1.70. The molecule has 0 bridgehead atoms. The summed E-state index contributed by atoms with van der Waals surface area (Å²) in [7, 11) is 0. The number of nitrogens with zero attached hydrogens (tertiary/aromatic N) is 1. The highest BCUT2D eigenvalue weighted by Gasteiger charge is 2.39. The van der Waals surface area contributed by atoms with Crippen molar-refractivity contribution in [2.45, 2.75) is 31.4 Å². The molecule has 1 amide bonds. The van der Waals surface area contributed by atoms with Gasteiger partial charge in [0.2, 0.25) is 0 Å². The number of rotatable bonds is 4. The van der Waals surface area contributed by atoms with Gasteiger partial charge in [0.15, 0.2) is 6.61 Å². The van der Waals surface area contributed by atoms with Crippen molar-refractivity contribution in [1.82, 2.24) is 4.90 Å². The van der Waals surface area contributed by atoms with E-state index in [-0.39, 0.29) is 24.5 Å². The highest BCUT2D eigenvalue weighted by Crippen LogP contribution is 2.30. The fraction of sp³-hybridized carbons (Fsp3) is 0.588. The molecule has 0 aromatic heterocycles. The van der Waals surface area contributed by atoms with Crippen molar-refractivity contribution in [3.05, 3.63) is 28.2 Å². The molecule has 2 saturated heterocycles. The number of benzene rings is 1. The van der Waals surface area contributed by atoms with E-state index in [1.165, 1.54) is 0 Å². The second kappa shape index (κ2) is 7.91. The van der Waals surface area contributed by atoms with Crippen LogP contribution in [-0.2, 0) is 9.53 Å². The van der Waals surface area contributed by atoms with Gasteiger partial charge >= 0.3 is 0 Å². The average Bonchev–Trinajstić information content (AvgIpc) is 3.01. The average molecular weight is 374 g/mol. The standard InChI is InChI=1S/C17H21Cl2NO4/c18-11-6-12(19)8-13(7-11)24-10-17(22)20-4-1-2-15(20)14-9-23-5-3-16(14)21/h6-8,14-16,21H,1-5,9-10H2. The maximum absolute atomic E-state index is 12.6. The summed E-state index contributed by atoms with van der Waals surface area (Å²) < 4.78 is 11.0. The van der Waals surface area contributed by atoms with Crippen molar-refractivity contribution < 1.29 is 19.4 Å². The SMILES string of the molecule is O=C(COc1cc(Cl)cc(Cl)c1)N1CCCC1C1COCCC1O. The number of ether oxygens (including phenoxy) is 2. The number of likely N-dealkylation sites (tertiary alicyclic amines) is 1. The third-order valence-electron chi connectivity index (χ3n) is 4.67. The van der Waals surface area contributed by atoms with Crippen LogP contribution < -0.4 is 4.74 Å². The van der Waals surface area contributed by atoms with Gasteiger partial charge in [-0.25, -0.2) is 0 Å². The van der Waals surface area contributed by atoms with Gasteiger partial charge in [-0.15, -0.1) is 0 Å². The summed E-state index contributed by atoms with van der Waals surface area (Å²) in [5, 5.41) is 11.1. The van der Waals surface area contributed by atoms with Gasteiger partial charge in [-0.2, -0.15) is 0 Å². The molecular weight excluding hydrogens is 353 g/mol. The molecule has 2 fully saturated rings. The molecule has 0 spiro atoms. The van der Waals surface area contributed by atoms with Gasteiger partial charge in [-0.3, -0.25) is 4.79 Å². The van der Waals surface area contributed by atoms with Crippen LogP contribution in [0.2, 0.25) is 10.0 Å². The van der Waals surface area contributed by atoms with Crippen molar-refractivity contribution >= 4 is 29.1 Å². The number of carbonyl (C=O) groups is 1. The number of hydrogen-bond donors (Lipinski definition) is 1. The summed E-state index contributed by atoms with van der Waals surface area (Å²) in [4.78, 5) is 14.4. The van der Waals surface area contributed by atoms with Crippen LogP contribution in [0, 0.1) is 5.92 Å². The molecule has 132 valence electrons. The smallest absolute Gasteiger partial charge is 0.260 e. The van der Waals surface area contributed by atoms with Crippen LogP contribution in [0.5, 0.6) is 5.75 Å². The van der Waals surface area contributed by atoms with Gasteiger partial charge in [0.05, 0.1) is 12.7 Å². The fourth-order valence-corrected chi connectivity index (χ4v) is 4.01. The van der Waals surface area contributed by atoms with Crippen molar-refractivity contribution in [3.63, 3.8) is 0 Å². The lowest BCUT2D eigenvalue weighted by molar-refractivity contribution is -0.138. The molecule has 0 aliphatic carbocycles. The minimum atomic E-state index is -0.412. The van der Waals surface area contributed by atoms with Crippen LogP contribution in [-0.4, -0.2) is 54.4 Å². The molecule has 3 atom stereocenters. The van der Waals surface area contributed by atoms with E-state index < -0.39 is 6.10 Å². The molecule has 0 radical (unpaired) electrons. The number of amides is 1. The lowest BCUT2D eigenvalue weighted by Crippen LogP contribution is -2.49. The molecule has 3 rings (SSSR count). The normalized spacial score (nSPS) is 27.3. The summed E-state index contributed by atoms with van der Waals surface area (Å²) in [6, 6.07) is 4.87. The van der Waals surface area contributed by atoms with Crippen LogP contribution in [0.1, 0.15) is 19.3 Å². The lowest BCUT2D eigenvalue weighted by Gasteiger charge is -2.36. The number of aliphatic hydroxyl groups excluding tert-OH is 1. The van der Waals surface area contributed by atoms with Crippen LogP contribution >= 0.6 is 23.2 Å². The largest absolute Gasteiger partial charge is 0.484 e. The third kappa shape index (κ3) is 4.14. The Morgan fingerprint density at radius 3 is 2.75 bits per heavy atom. The summed E-state index contributed by atoms with van der Waals surface area (Å²) in [6.07, 6.45) is 2.04. The molecule has 24 heavy (non-hydrogen) atoms. The van der Waals surface area contributed by atoms with E-state index in [1.807, 2.05) is 4.90 Å². The van der Waals surface area contributed by atoms with Gasteiger partial charge in [0.1, 0.15) is 5.75 Å². The van der Waals surface area contributed by atoms with E-state index in [9.17, 15) is 9.90 Å². The Kier molecular flexibility index (Phi) is 5.87. The van der Waals surface area contributed by atoms with Gasteiger partial charge in [0, 0.05) is 35.2 Å². The van der Waals surface area contributed by atoms with E-state index >= 15 is 0 Å². The number of hydrogen-bond acceptors (Lipinski definition) is 4. The van der Waals surface area contributed by atoms with Crippen molar-refractivity contribution in [3.8, 4) is 5.75 Å². The predicted octanol–water partition coefficient (Wildman–Crippen LogP) is 2.76. The third-order valence-corrected chi connectivity index (χ3v) is 5.11. The predicted molar refractivity (Wildman–Crippen MR) is 91.6 cm³/mol. The first-order chi connectivity index (χ1) is 11.5. The Morgan fingerprint density at radius 2 is 2.04 bits per heavy atom. The topological polar surface area (TPSA) is 59.0 Å². The quantitative estimate of drug-likeness (QED) is 0.881. The van der Waals surface area contributed by atoms with E-state index in [2.05, 4.69) is 0 Å². The first-order valence-electron chi connectivity index (χ1n) is 8.19. The van der Waals surface area contributed by atoms with Crippen LogP contribution in [0.15, 0.2) is 18.2 Å². The fourth-order valence-electron chi connectivity index (χ4n) is 3.50. The highest BCUT2D eigenvalue weighted by atomic mass is 35.5. The van der Waals surface area contributed by atoms with E-state index in [0.29, 0.717) is 42.0 Å². The minimum absolute atomic E-state index is 0.0133. The van der Waals surface area contributed by atoms with Crippen molar-refractivity contribution in [2.24, 2.45) is 5.92 Å². The Balaban J connectivity index is 1.61. The number of aliphatic hydroxyl groups is 1. The Morgan fingerprint density at radius 1 is 1.29 bits per heavy atom. The molecule has 0 saturated carbocycles. The van der Waals surface area contributed by atoms with Crippen LogP contribution in [0.25, 0.3) is 0 Å². The maximum atomic E-state index is 12.6. The Hall–Kier alpha value is -1.01. The van der Waals surface area contributed by atoms with Gasteiger partial charge in [0.25, 0.3) is 5.91 Å². The zero-order valence-electron chi connectivity index (χ0n) is 13.3. The van der Waals surface area contributed by atoms with Crippen molar-refractivity contribution in [1.29, 1.82) is 0 Å². The molecule has 1 aromatic rings. The molecule has 1 N–H and O–H groups in total. The van der Waals surface area contributed by atoms with E-state index in [1.54, 1.807) is 18.2 Å². The summed E-state index contributed by atoms with van der Waals surface area (Å²) in [5.41, 5.74) is 0. The first kappa shape index (κ1) is 17.8. The van der Waals surface area contributed by atoms with Crippen LogP contribution in [0.4, 0.5) is 0 Å². The van der Waals surface area contributed by atoms with E-state index in [0.717, 1.165) is 12.8 Å². The summed E-state index contributed by atoms with van der Waals surface area (Å²) >= 11 is 11.9.